The third-order valence-corrected chi connectivity index (χ3v) is 5.94. The van der Waals surface area contributed by atoms with Gasteiger partial charge in [-0.15, -0.1) is 10.2 Å². The van der Waals surface area contributed by atoms with Gasteiger partial charge in [0.05, 0.1) is 18.4 Å². The van der Waals surface area contributed by atoms with Gasteiger partial charge in [-0.3, -0.25) is 9.69 Å². The summed E-state index contributed by atoms with van der Waals surface area (Å²) in [5.74, 6) is 1.66. The molecule has 0 N–H and O–H groups in total. The van der Waals surface area contributed by atoms with Crippen LogP contribution < -0.4 is 9.64 Å². The molecular formula is C25H24N4O2S. The Balaban J connectivity index is 1.59. The minimum Gasteiger partial charge on any atom is -0.496 e. The molecule has 3 aromatic carbocycles. The van der Waals surface area contributed by atoms with Gasteiger partial charge < -0.3 is 9.30 Å². The number of nitrogens with zero attached hydrogens (tertiary/aromatic N) is 4. The number of anilines is 2. The second kappa shape index (κ2) is 10.2. The van der Waals surface area contributed by atoms with Crippen LogP contribution in [0.3, 0.4) is 0 Å². The lowest BCUT2D eigenvalue weighted by Crippen LogP contribution is -2.27. The zero-order valence-electron chi connectivity index (χ0n) is 18.0. The minimum absolute atomic E-state index is 0.0307. The van der Waals surface area contributed by atoms with Crippen LogP contribution >= 0.6 is 11.8 Å². The number of methoxy groups -OCH3 is 1. The van der Waals surface area contributed by atoms with Gasteiger partial charge in [0.25, 0.3) is 0 Å². The molecule has 0 unspecified atom stereocenters. The Morgan fingerprint density at radius 2 is 1.50 bits per heavy atom. The van der Waals surface area contributed by atoms with Crippen LogP contribution in [0.15, 0.2) is 90.1 Å². The lowest BCUT2D eigenvalue weighted by Gasteiger charge is -2.23. The van der Waals surface area contributed by atoms with Crippen molar-refractivity contribution in [2.75, 3.05) is 17.8 Å². The molecule has 0 aliphatic carbocycles. The van der Waals surface area contributed by atoms with Gasteiger partial charge in [-0.25, -0.2) is 0 Å². The first-order valence-corrected chi connectivity index (χ1v) is 11.3. The first-order valence-electron chi connectivity index (χ1n) is 10.4. The fraction of sp³-hybridized carbons (Fsp3) is 0.160. The van der Waals surface area contributed by atoms with Crippen molar-refractivity contribution in [2.24, 2.45) is 0 Å². The largest absolute Gasteiger partial charge is 0.496 e. The van der Waals surface area contributed by atoms with E-state index in [1.807, 2.05) is 96.4 Å². The molecule has 1 amide bonds. The number of rotatable bonds is 8. The highest BCUT2D eigenvalue weighted by atomic mass is 32.2. The summed E-state index contributed by atoms with van der Waals surface area (Å²) in [5.41, 5.74) is 2.53. The predicted molar refractivity (Wildman–Crippen MR) is 128 cm³/mol. The molecule has 32 heavy (non-hydrogen) atoms. The SMILES string of the molecule is CCn1c(SCC(=O)N(c2ccccc2)c2ccccc2)nnc1-c1ccccc1OC. The van der Waals surface area contributed by atoms with Crippen molar-refractivity contribution in [1.29, 1.82) is 0 Å². The molecule has 4 rings (SSSR count). The van der Waals surface area contributed by atoms with E-state index < -0.39 is 0 Å². The van der Waals surface area contributed by atoms with Crippen molar-refractivity contribution in [3.8, 4) is 17.1 Å². The Morgan fingerprint density at radius 3 is 2.09 bits per heavy atom. The maximum Gasteiger partial charge on any atom is 0.242 e. The van der Waals surface area contributed by atoms with E-state index in [4.69, 9.17) is 4.74 Å². The topological polar surface area (TPSA) is 60.2 Å². The fourth-order valence-corrected chi connectivity index (χ4v) is 4.34. The second-order valence-corrected chi connectivity index (χ2v) is 7.88. The third kappa shape index (κ3) is 4.53. The van der Waals surface area contributed by atoms with Crippen LogP contribution in [0.25, 0.3) is 11.4 Å². The van der Waals surface area contributed by atoms with E-state index in [1.165, 1.54) is 11.8 Å². The van der Waals surface area contributed by atoms with Crippen molar-refractivity contribution < 1.29 is 9.53 Å². The van der Waals surface area contributed by atoms with E-state index in [9.17, 15) is 4.79 Å². The van der Waals surface area contributed by atoms with E-state index in [-0.39, 0.29) is 11.7 Å². The number of carbonyl (C=O) groups is 1. The molecule has 1 aromatic heterocycles. The summed E-state index contributed by atoms with van der Waals surface area (Å²) in [5, 5.41) is 9.45. The average molecular weight is 445 g/mol. The molecule has 0 spiro atoms. The highest BCUT2D eigenvalue weighted by molar-refractivity contribution is 7.99. The fourth-order valence-electron chi connectivity index (χ4n) is 3.49. The van der Waals surface area contributed by atoms with Crippen molar-refractivity contribution in [2.45, 2.75) is 18.6 Å². The van der Waals surface area contributed by atoms with Crippen molar-refractivity contribution in [1.82, 2.24) is 14.8 Å². The molecule has 7 heteroatoms. The van der Waals surface area contributed by atoms with E-state index in [1.54, 1.807) is 12.0 Å². The van der Waals surface area contributed by atoms with Crippen LogP contribution in [-0.4, -0.2) is 33.5 Å². The van der Waals surface area contributed by atoms with Crippen molar-refractivity contribution in [3.05, 3.63) is 84.9 Å². The van der Waals surface area contributed by atoms with Gasteiger partial charge in [0.1, 0.15) is 5.75 Å². The molecule has 0 bridgehead atoms. The van der Waals surface area contributed by atoms with Crippen LogP contribution in [0.4, 0.5) is 11.4 Å². The van der Waals surface area contributed by atoms with Crippen LogP contribution in [0, 0.1) is 0 Å². The summed E-state index contributed by atoms with van der Waals surface area (Å²) < 4.78 is 7.49. The molecule has 0 aliphatic heterocycles. The Hall–Kier alpha value is -3.58. The van der Waals surface area contributed by atoms with Gasteiger partial charge in [-0.2, -0.15) is 0 Å². The number of hydrogen-bond donors (Lipinski definition) is 0. The summed E-state index contributed by atoms with van der Waals surface area (Å²) in [7, 11) is 1.64. The number of carbonyl (C=O) groups excluding carboxylic acids is 1. The van der Waals surface area contributed by atoms with E-state index in [0.29, 0.717) is 11.7 Å². The third-order valence-electron chi connectivity index (χ3n) is 4.98. The number of aromatic nitrogens is 3. The van der Waals surface area contributed by atoms with Gasteiger partial charge in [0.15, 0.2) is 11.0 Å². The van der Waals surface area contributed by atoms with Gasteiger partial charge in [-0.05, 0) is 43.3 Å². The summed E-state index contributed by atoms with van der Waals surface area (Å²) in [6, 6.07) is 27.1. The lowest BCUT2D eigenvalue weighted by molar-refractivity contribution is -0.115. The molecule has 162 valence electrons. The minimum atomic E-state index is -0.0307. The quantitative estimate of drug-likeness (QED) is 0.339. The van der Waals surface area contributed by atoms with E-state index >= 15 is 0 Å². The molecular weight excluding hydrogens is 420 g/mol. The maximum absolute atomic E-state index is 13.3. The highest BCUT2D eigenvalue weighted by Crippen LogP contribution is 2.32. The number of amides is 1. The van der Waals surface area contributed by atoms with Gasteiger partial charge in [-0.1, -0.05) is 60.3 Å². The zero-order chi connectivity index (χ0) is 22.3. The Kier molecular flexibility index (Phi) is 6.87. The smallest absolute Gasteiger partial charge is 0.242 e. The summed E-state index contributed by atoms with van der Waals surface area (Å²) in [6.45, 7) is 2.71. The summed E-state index contributed by atoms with van der Waals surface area (Å²) >= 11 is 1.38. The zero-order valence-corrected chi connectivity index (χ0v) is 18.8. The molecule has 0 saturated heterocycles. The van der Waals surface area contributed by atoms with Crippen LogP contribution in [0.5, 0.6) is 5.75 Å². The number of hydrogen-bond acceptors (Lipinski definition) is 5. The van der Waals surface area contributed by atoms with Crippen LogP contribution in [0.1, 0.15) is 6.92 Å². The molecule has 0 aliphatic rings. The molecule has 0 fully saturated rings. The van der Waals surface area contributed by atoms with Crippen LogP contribution in [0.2, 0.25) is 0 Å². The number of ether oxygens (including phenoxy) is 1. The lowest BCUT2D eigenvalue weighted by atomic mass is 10.2. The number of para-hydroxylation sites is 3. The first-order chi connectivity index (χ1) is 15.7. The first kappa shape index (κ1) is 21.6. The Morgan fingerprint density at radius 1 is 0.906 bits per heavy atom. The second-order valence-electron chi connectivity index (χ2n) is 6.94. The van der Waals surface area contributed by atoms with Crippen molar-refractivity contribution >= 4 is 29.0 Å². The molecule has 1 heterocycles. The van der Waals surface area contributed by atoms with Gasteiger partial charge >= 0.3 is 0 Å². The summed E-state index contributed by atoms with van der Waals surface area (Å²) in [6.07, 6.45) is 0. The molecule has 0 atom stereocenters. The number of benzene rings is 3. The Labute approximate surface area is 191 Å². The molecule has 0 saturated carbocycles. The molecule has 4 aromatic rings. The molecule has 0 radical (unpaired) electrons. The van der Waals surface area contributed by atoms with E-state index in [0.717, 1.165) is 28.5 Å². The molecule has 6 nitrogen and oxygen atoms in total. The van der Waals surface area contributed by atoms with Gasteiger partial charge in [0, 0.05) is 17.9 Å². The van der Waals surface area contributed by atoms with Gasteiger partial charge in [0.2, 0.25) is 5.91 Å². The van der Waals surface area contributed by atoms with E-state index in [2.05, 4.69) is 10.2 Å². The number of thioether (sulfide) groups is 1. The van der Waals surface area contributed by atoms with Crippen molar-refractivity contribution in [3.63, 3.8) is 0 Å². The predicted octanol–water partition coefficient (Wildman–Crippen LogP) is 5.43. The highest BCUT2D eigenvalue weighted by Gasteiger charge is 2.21. The maximum atomic E-state index is 13.3. The van der Waals surface area contributed by atoms with Crippen LogP contribution in [-0.2, 0) is 11.3 Å². The average Bonchev–Trinajstić information content (AvgIpc) is 3.27. The monoisotopic (exact) mass is 444 g/mol. The normalized spacial score (nSPS) is 10.7. The standard InChI is InChI=1S/C25H24N4O2S/c1-3-28-24(21-16-10-11-17-22(21)31-2)26-27-25(28)32-18-23(30)29(19-12-6-4-7-13-19)20-14-8-5-9-15-20/h4-17H,3,18H2,1-2H3. The summed E-state index contributed by atoms with van der Waals surface area (Å²) in [4.78, 5) is 15.1. The Bertz CT molecular complexity index is 1140.